The number of aromatic nitrogens is 3. The summed E-state index contributed by atoms with van der Waals surface area (Å²) in [6.45, 7) is 3.08. The molecule has 2 aliphatic heterocycles. The van der Waals surface area contributed by atoms with Crippen LogP contribution in [-0.4, -0.2) is 51.1 Å². The molecule has 6 nitrogen and oxygen atoms in total. The molecular formula is C17H21F2N5OS. The molecule has 0 bridgehead atoms. The number of thiazole rings is 1. The van der Waals surface area contributed by atoms with E-state index in [1.165, 1.54) is 16.0 Å². The van der Waals surface area contributed by atoms with Crippen molar-refractivity contribution in [2.24, 2.45) is 5.92 Å². The summed E-state index contributed by atoms with van der Waals surface area (Å²) in [6.07, 6.45) is -0.479. The van der Waals surface area contributed by atoms with Crippen LogP contribution in [0.15, 0.2) is 17.0 Å². The molecule has 0 aromatic carbocycles. The van der Waals surface area contributed by atoms with E-state index in [1.54, 1.807) is 10.9 Å². The fourth-order valence-electron chi connectivity index (χ4n) is 3.99. The van der Waals surface area contributed by atoms with Crippen LogP contribution in [0.5, 0.6) is 0 Å². The Hall–Kier alpha value is -2.03. The maximum Gasteiger partial charge on any atom is 0.273 e. The molecule has 140 valence electrons. The number of anilines is 1. The third-order valence-electron chi connectivity index (χ3n) is 5.34. The molecule has 0 spiro atoms. The van der Waals surface area contributed by atoms with Crippen LogP contribution >= 0.6 is 11.3 Å². The number of piperidine rings is 1. The van der Waals surface area contributed by atoms with Crippen molar-refractivity contribution in [1.82, 2.24) is 19.7 Å². The Kier molecular flexibility index (Phi) is 4.64. The van der Waals surface area contributed by atoms with Gasteiger partial charge in [-0.05, 0) is 32.1 Å². The molecule has 0 radical (unpaired) electrons. The standard InChI is InChI=1S/C17H21F2N5OS/c1-10-6-15-21-12(7-14(16(18)19)24(15)22-10)11-2-4-23(5-3-11)17(25)13-8-26-9-20-13/h6,8-9,11-12,14,16,21H,2-5,7H2,1H3/t12-,14+/m0/s1. The van der Waals surface area contributed by atoms with Crippen molar-refractivity contribution in [2.45, 2.75) is 44.7 Å². The van der Waals surface area contributed by atoms with E-state index in [-0.39, 0.29) is 17.9 Å². The van der Waals surface area contributed by atoms with E-state index < -0.39 is 12.5 Å². The van der Waals surface area contributed by atoms with E-state index in [9.17, 15) is 13.6 Å². The number of hydrogen-bond donors (Lipinski definition) is 1. The molecule has 26 heavy (non-hydrogen) atoms. The maximum atomic E-state index is 13.5. The van der Waals surface area contributed by atoms with Crippen molar-refractivity contribution in [3.05, 3.63) is 28.3 Å². The molecule has 4 rings (SSSR count). The molecule has 0 aliphatic carbocycles. The lowest BCUT2D eigenvalue weighted by Crippen LogP contribution is -2.46. The number of likely N-dealkylation sites (tertiary alicyclic amines) is 1. The highest BCUT2D eigenvalue weighted by Gasteiger charge is 2.38. The van der Waals surface area contributed by atoms with Gasteiger partial charge in [0.1, 0.15) is 17.6 Å². The summed E-state index contributed by atoms with van der Waals surface area (Å²) in [5.41, 5.74) is 2.88. The lowest BCUT2D eigenvalue weighted by atomic mass is 9.85. The first-order valence-electron chi connectivity index (χ1n) is 8.81. The maximum absolute atomic E-state index is 13.5. The highest BCUT2D eigenvalue weighted by molar-refractivity contribution is 7.07. The lowest BCUT2D eigenvalue weighted by Gasteiger charge is -2.40. The summed E-state index contributed by atoms with van der Waals surface area (Å²) in [5.74, 6) is 0.894. The number of alkyl halides is 2. The Balaban J connectivity index is 1.42. The third kappa shape index (κ3) is 3.20. The minimum Gasteiger partial charge on any atom is -0.367 e. The Morgan fingerprint density at radius 2 is 2.15 bits per heavy atom. The van der Waals surface area contributed by atoms with E-state index in [1.807, 2.05) is 17.9 Å². The number of nitrogens with one attached hydrogen (secondary N) is 1. The van der Waals surface area contributed by atoms with Crippen LogP contribution in [0.2, 0.25) is 0 Å². The third-order valence-corrected chi connectivity index (χ3v) is 5.93. The molecule has 0 unspecified atom stereocenters. The Morgan fingerprint density at radius 3 is 2.81 bits per heavy atom. The summed E-state index contributed by atoms with van der Waals surface area (Å²) >= 11 is 1.41. The SMILES string of the molecule is Cc1cc2n(n1)[C@@H](C(F)F)C[C@@H](C1CCN(C(=O)c3cscn3)CC1)N2. The molecular weight excluding hydrogens is 360 g/mol. The van der Waals surface area contributed by atoms with E-state index >= 15 is 0 Å². The number of nitrogens with zero attached hydrogens (tertiary/aromatic N) is 4. The second kappa shape index (κ2) is 6.94. The van der Waals surface area contributed by atoms with Gasteiger partial charge in [-0.1, -0.05) is 0 Å². The Labute approximate surface area is 154 Å². The smallest absolute Gasteiger partial charge is 0.273 e. The summed E-state index contributed by atoms with van der Waals surface area (Å²) in [6, 6.07) is 0.913. The fraction of sp³-hybridized carbons (Fsp3) is 0.588. The second-order valence-corrected chi connectivity index (χ2v) is 7.73. The number of halogens is 2. The quantitative estimate of drug-likeness (QED) is 0.887. The number of hydrogen-bond acceptors (Lipinski definition) is 5. The van der Waals surface area contributed by atoms with Crippen LogP contribution in [0.25, 0.3) is 0 Å². The molecule has 2 aliphatic rings. The van der Waals surface area contributed by atoms with E-state index in [2.05, 4.69) is 15.4 Å². The van der Waals surface area contributed by atoms with Gasteiger partial charge in [-0.15, -0.1) is 11.3 Å². The van der Waals surface area contributed by atoms with Crippen LogP contribution in [0, 0.1) is 12.8 Å². The van der Waals surface area contributed by atoms with Gasteiger partial charge in [0, 0.05) is 30.6 Å². The summed E-state index contributed by atoms with van der Waals surface area (Å²) in [5, 5.41) is 9.37. The van der Waals surface area contributed by atoms with Crippen LogP contribution in [-0.2, 0) is 0 Å². The van der Waals surface area contributed by atoms with Gasteiger partial charge in [-0.2, -0.15) is 5.10 Å². The predicted molar refractivity (Wildman–Crippen MR) is 94.8 cm³/mol. The number of carbonyl (C=O) groups excluding carboxylic acids is 1. The highest BCUT2D eigenvalue weighted by Crippen LogP contribution is 2.37. The number of carbonyl (C=O) groups is 1. The van der Waals surface area contributed by atoms with Crippen molar-refractivity contribution >= 4 is 23.1 Å². The number of amides is 1. The molecule has 2 aromatic heterocycles. The number of aryl methyl sites for hydroxylation is 1. The van der Waals surface area contributed by atoms with Gasteiger partial charge < -0.3 is 10.2 Å². The minimum atomic E-state index is -2.44. The van der Waals surface area contributed by atoms with Crippen molar-refractivity contribution in [3.63, 3.8) is 0 Å². The number of fused-ring (bicyclic) bond motifs is 1. The van der Waals surface area contributed by atoms with Gasteiger partial charge in [0.2, 0.25) is 0 Å². The summed E-state index contributed by atoms with van der Waals surface area (Å²) in [4.78, 5) is 18.3. The topological polar surface area (TPSA) is 63.1 Å². The average molecular weight is 381 g/mol. The van der Waals surface area contributed by atoms with Gasteiger partial charge in [0.15, 0.2) is 0 Å². The van der Waals surface area contributed by atoms with Crippen LogP contribution < -0.4 is 5.32 Å². The molecule has 4 heterocycles. The zero-order valence-corrected chi connectivity index (χ0v) is 15.3. The molecule has 0 saturated carbocycles. The van der Waals surface area contributed by atoms with Crippen LogP contribution in [0.4, 0.5) is 14.6 Å². The first-order valence-corrected chi connectivity index (χ1v) is 9.75. The lowest BCUT2D eigenvalue weighted by molar-refractivity contribution is 0.0537. The molecule has 1 amide bonds. The Bertz CT molecular complexity index is 770. The first-order chi connectivity index (χ1) is 12.5. The van der Waals surface area contributed by atoms with E-state index in [0.29, 0.717) is 31.0 Å². The first kappa shape index (κ1) is 17.4. The molecule has 1 fully saturated rings. The zero-order valence-electron chi connectivity index (χ0n) is 14.4. The molecule has 1 saturated heterocycles. The molecule has 2 atom stereocenters. The Morgan fingerprint density at radius 1 is 1.38 bits per heavy atom. The van der Waals surface area contributed by atoms with Crippen molar-refractivity contribution < 1.29 is 13.6 Å². The second-order valence-electron chi connectivity index (χ2n) is 7.01. The highest BCUT2D eigenvalue weighted by atomic mass is 32.1. The van der Waals surface area contributed by atoms with Crippen molar-refractivity contribution in [3.8, 4) is 0 Å². The van der Waals surface area contributed by atoms with E-state index in [4.69, 9.17) is 0 Å². The van der Waals surface area contributed by atoms with Crippen molar-refractivity contribution in [1.29, 1.82) is 0 Å². The van der Waals surface area contributed by atoms with Gasteiger partial charge in [0.05, 0.1) is 11.2 Å². The fourth-order valence-corrected chi connectivity index (χ4v) is 4.52. The van der Waals surface area contributed by atoms with Gasteiger partial charge in [-0.25, -0.2) is 18.4 Å². The van der Waals surface area contributed by atoms with Crippen molar-refractivity contribution in [2.75, 3.05) is 18.4 Å². The van der Waals surface area contributed by atoms with Gasteiger partial charge in [-0.3, -0.25) is 4.79 Å². The van der Waals surface area contributed by atoms with Gasteiger partial charge >= 0.3 is 0 Å². The van der Waals surface area contributed by atoms with Crippen LogP contribution in [0.3, 0.4) is 0 Å². The zero-order chi connectivity index (χ0) is 18.3. The average Bonchev–Trinajstić information content (AvgIpc) is 3.28. The monoisotopic (exact) mass is 381 g/mol. The normalized spacial score (nSPS) is 23.8. The van der Waals surface area contributed by atoms with E-state index in [0.717, 1.165) is 18.5 Å². The summed E-state index contributed by atoms with van der Waals surface area (Å²) < 4.78 is 28.5. The molecule has 9 heteroatoms. The largest absolute Gasteiger partial charge is 0.367 e. The predicted octanol–water partition coefficient (Wildman–Crippen LogP) is 3.19. The molecule has 1 N–H and O–H groups in total. The minimum absolute atomic E-state index is 0.0193. The van der Waals surface area contributed by atoms with Gasteiger partial charge in [0.25, 0.3) is 12.3 Å². The summed E-state index contributed by atoms with van der Waals surface area (Å²) in [7, 11) is 0. The number of rotatable bonds is 3. The van der Waals surface area contributed by atoms with Crippen LogP contribution in [0.1, 0.15) is 41.5 Å². The molecule has 2 aromatic rings.